The Labute approximate surface area is 261 Å². The first-order chi connectivity index (χ1) is 21.4. The number of likely N-dealkylation sites (tertiary alicyclic amines) is 2. The van der Waals surface area contributed by atoms with Crippen molar-refractivity contribution in [2.24, 2.45) is 5.92 Å². The van der Waals surface area contributed by atoms with E-state index in [1.807, 2.05) is 36.4 Å². The SMILES string of the molecule is CCOC(=O)CNC(=O)NCc1ccc([C@H]2O[C@@H](CN3CCC[C@H]3CN3CCCC3)[C@@H](C)[C@@H](c3ccc(CO)cc3)O2)cc1. The number of esters is 1. The summed E-state index contributed by atoms with van der Waals surface area (Å²) in [5.74, 6) is -0.336. The summed E-state index contributed by atoms with van der Waals surface area (Å²) >= 11 is 0. The minimum Gasteiger partial charge on any atom is -0.465 e. The number of carbonyl (C=O) groups excluding carboxylic acids is 2. The molecule has 0 unspecified atom stereocenters. The van der Waals surface area contributed by atoms with Gasteiger partial charge < -0.3 is 34.9 Å². The van der Waals surface area contributed by atoms with Gasteiger partial charge in [-0.3, -0.25) is 9.69 Å². The van der Waals surface area contributed by atoms with Crippen LogP contribution in [0.2, 0.25) is 0 Å². The lowest BCUT2D eigenvalue weighted by atomic mass is 9.90. The van der Waals surface area contributed by atoms with Crippen LogP contribution in [0.1, 0.15) is 74.2 Å². The number of hydrogen-bond acceptors (Lipinski definition) is 8. The van der Waals surface area contributed by atoms with Crippen LogP contribution in [-0.2, 0) is 32.2 Å². The Hall–Kier alpha value is -3.02. The van der Waals surface area contributed by atoms with E-state index in [1.165, 1.54) is 38.8 Å². The van der Waals surface area contributed by atoms with E-state index in [0.717, 1.165) is 41.9 Å². The summed E-state index contributed by atoms with van der Waals surface area (Å²) < 4.78 is 18.2. The summed E-state index contributed by atoms with van der Waals surface area (Å²) in [6.07, 6.45) is 4.37. The largest absolute Gasteiger partial charge is 0.465 e. The molecule has 5 rings (SSSR count). The Morgan fingerprint density at radius 3 is 2.32 bits per heavy atom. The van der Waals surface area contributed by atoms with Gasteiger partial charge in [-0.05, 0) is 68.9 Å². The zero-order chi connectivity index (χ0) is 30.9. The average molecular weight is 609 g/mol. The van der Waals surface area contributed by atoms with Crippen LogP contribution < -0.4 is 10.6 Å². The van der Waals surface area contributed by atoms with E-state index < -0.39 is 18.3 Å². The molecule has 0 spiro atoms. The molecule has 3 fully saturated rings. The predicted octanol–water partition coefficient (Wildman–Crippen LogP) is 3.89. The molecule has 3 heterocycles. The third kappa shape index (κ3) is 8.57. The van der Waals surface area contributed by atoms with Gasteiger partial charge in [0.15, 0.2) is 6.29 Å². The van der Waals surface area contributed by atoms with Gasteiger partial charge in [0.05, 0.1) is 25.4 Å². The van der Waals surface area contributed by atoms with Gasteiger partial charge in [-0.2, -0.15) is 0 Å². The van der Waals surface area contributed by atoms with Crippen LogP contribution in [0, 0.1) is 5.92 Å². The Morgan fingerprint density at radius 1 is 0.909 bits per heavy atom. The number of aliphatic hydroxyl groups excluding tert-OH is 1. The number of urea groups is 1. The van der Waals surface area contributed by atoms with Crippen LogP contribution in [0.25, 0.3) is 0 Å². The number of benzene rings is 2. The maximum absolute atomic E-state index is 12.1. The van der Waals surface area contributed by atoms with Crippen molar-refractivity contribution in [2.75, 3.05) is 45.9 Å². The van der Waals surface area contributed by atoms with E-state index in [-0.39, 0.29) is 37.9 Å². The van der Waals surface area contributed by atoms with Gasteiger partial charge in [0, 0.05) is 37.2 Å². The lowest BCUT2D eigenvalue weighted by Crippen LogP contribution is -2.48. The standard InChI is InChI=1S/C34H48N4O6/c1-3-42-31(40)20-36-34(41)35-19-25-8-14-28(15-9-25)33-43-30(22-38-18-6-7-29(38)21-37-16-4-5-17-37)24(2)32(44-33)27-12-10-26(23-39)11-13-27/h8-15,24,29-30,32-33,39H,3-7,16-23H2,1-2H3,(H2,35,36,41)/t24-,29+,30+,32+,33+/m1/s1. The fourth-order valence-electron chi connectivity index (χ4n) is 6.57. The summed E-state index contributed by atoms with van der Waals surface area (Å²) in [5, 5.41) is 14.8. The van der Waals surface area contributed by atoms with Gasteiger partial charge in [0.2, 0.25) is 0 Å². The second kappa shape index (κ2) is 15.8. The van der Waals surface area contributed by atoms with E-state index in [2.05, 4.69) is 39.5 Å². The molecule has 3 aliphatic heterocycles. The number of ether oxygens (including phenoxy) is 3. The molecule has 44 heavy (non-hydrogen) atoms. The van der Waals surface area contributed by atoms with Crippen LogP contribution in [0.15, 0.2) is 48.5 Å². The molecule has 240 valence electrons. The summed E-state index contributed by atoms with van der Waals surface area (Å²) in [7, 11) is 0. The molecule has 2 amide bonds. The van der Waals surface area contributed by atoms with Crippen molar-refractivity contribution in [1.29, 1.82) is 0 Å². The van der Waals surface area contributed by atoms with Gasteiger partial charge in [-0.15, -0.1) is 0 Å². The van der Waals surface area contributed by atoms with Crippen molar-refractivity contribution >= 4 is 12.0 Å². The van der Waals surface area contributed by atoms with E-state index in [1.54, 1.807) is 6.92 Å². The molecule has 5 atom stereocenters. The van der Waals surface area contributed by atoms with Crippen LogP contribution in [0.3, 0.4) is 0 Å². The van der Waals surface area contributed by atoms with Crippen LogP contribution >= 0.6 is 0 Å². The van der Waals surface area contributed by atoms with Crippen molar-refractivity contribution in [3.8, 4) is 0 Å². The highest BCUT2D eigenvalue weighted by Crippen LogP contribution is 2.42. The molecule has 2 aromatic carbocycles. The Morgan fingerprint density at radius 2 is 1.61 bits per heavy atom. The molecule has 3 aliphatic rings. The summed E-state index contributed by atoms with van der Waals surface area (Å²) in [6.45, 7) is 9.91. The quantitative estimate of drug-likeness (QED) is 0.311. The second-order valence-electron chi connectivity index (χ2n) is 12.2. The summed E-state index contributed by atoms with van der Waals surface area (Å²) in [5.41, 5.74) is 3.79. The molecule has 3 N–H and O–H groups in total. The maximum atomic E-state index is 12.1. The lowest BCUT2D eigenvalue weighted by molar-refractivity contribution is -0.276. The average Bonchev–Trinajstić information content (AvgIpc) is 3.73. The highest BCUT2D eigenvalue weighted by atomic mass is 16.7. The predicted molar refractivity (Wildman–Crippen MR) is 167 cm³/mol. The topological polar surface area (TPSA) is 113 Å². The van der Waals surface area contributed by atoms with E-state index in [0.29, 0.717) is 12.6 Å². The first-order valence-electron chi connectivity index (χ1n) is 16.2. The van der Waals surface area contributed by atoms with E-state index in [9.17, 15) is 14.7 Å². The van der Waals surface area contributed by atoms with Gasteiger partial charge in [-0.1, -0.05) is 55.5 Å². The monoisotopic (exact) mass is 608 g/mol. The van der Waals surface area contributed by atoms with Gasteiger partial charge in [0.1, 0.15) is 6.54 Å². The van der Waals surface area contributed by atoms with Crippen LogP contribution in [0.4, 0.5) is 4.79 Å². The number of nitrogens with one attached hydrogen (secondary N) is 2. The number of carbonyl (C=O) groups is 2. The highest BCUT2D eigenvalue weighted by molar-refractivity contribution is 5.80. The maximum Gasteiger partial charge on any atom is 0.325 e. The molecule has 0 radical (unpaired) electrons. The zero-order valence-corrected chi connectivity index (χ0v) is 26.1. The number of rotatable bonds is 12. The molecule has 0 saturated carbocycles. The highest BCUT2D eigenvalue weighted by Gasteiger charge is 2.40. The Kier molecular flexibility index (Phi) is 11.6. The first-order valence-corrected chi connectivity index (χ1v) is 16.2. The third-order valence-corrected chi connectivity index (χ3v) is 9.11. The van der Waals surface area contributed by atoms with Crippen molar-refractivity contribution in [3.05, 3.63) is 70.8 Å². The van der Waals surface area contributed by atoms with Crippen molar-refractivity contribution < 1.29 is 28.9 Å². The molecule has 0 aromatic heterocycles. The molecule has 10 heteroatoms. The fraction of sp³-hybridized carbons (Fsp3) is 0.588. The van der Waals surface area contributed by atoms with Crippen molar-refractivity contribution in [2.45, 2.75) is 77.2 Å². The van der Waals surface area contributed by atoms with Gasteiger partial charge >= 0.3 is 12.0 Å². The Bertz CT molecular complexity index is 1200. The molecule has 0 aliphatic carbocycles. The summed E-state index contributed by atoms with van der Waals surface area (Å²) in [6, 6.07) is 16.1. The second-order valence-corrected chi connectivity index (χ2v) is 12.2. The zero-order valence-electron chi connectivity index (χ0n) is 26.1. The third-order valence-electron chi connectivity index (χ3n) is 9.11. The van der Waals surface area contributed by atoms with Crippen LogP contribution in [-0.4, -0.2) is 84.9 Å². The van der Waals surface area contributed by atoms with Gasteiger partial charge in [-0.25, -0.2) is 4.79 Å². The molecule has 2 aromatic rings. The van der Waals surface area contributed by atoms with E-state index >= 15 is 0 Å². The van der Waals surface area contributed by atoms with Crippen LogP contribution in [0.5, 0.6) is 0 Å². The molecule has 10 nitrogen and oxygen atoms in total. The number of nitrogens with zero attached hydrogens (tertiary/aromatic N) is 2. The minimum absolute atomic E-state index is 0.0113. The van der Waals surface area contributed by atoms with Crippen molar-refractivity contribution in [1.82, 2.24) is 20.4 Å². The Balaban J connectivity index is 1.25. The first kappa shape index (κ1) is 32.4. The normalized spacial score (nSPS) is 26.0. The lowest BCUT2D eigenvalue weighted by Gasteiger charge is -2.43. The molecule has 0 bridgehead atoms. The minimum atomic E-state index is -0.534. The fourth-order valence-corrected chi connectivity index (χ4v) is 6.57. The summed E-state index contributed by atoms with van der Waals surface area (Å²) in [4.78, 5) is 28.8. The van der Waals surface area contributed by atoms with Crippen molar-refractivity contribution in [3.63, 3.8) is 0 Å². The number of hydrogen-bond donors (Lipinski definition) is 3. The van der Waals surface area contributed by atoms with Gasteiger partial charge in [0.25, 0.3) is 0 Å². The molecular weight excluding hydrogens is 560 g/mol. The van der Waals surface area contributed by atoms with E-state index in [4.69, 9.17) is 14.2 Å². The number of aliphatic hydroxyl groups is 1. The molecular formula is C34H48N4O6. The molecule has 3 saturated heterocycles. The smallest absolute Gasteiger partial charge is 0.325 e. The number of amides is 2.